The number of anilines is 2. The fourth-order valence-electron chi connectivity index (χ4n) is 11.0. The molecular formula is C43H54N8O5. The standard InChI is InChI=1S/C43H54N8O5/c1-4-54-41(53)38(25(2)3)36-18-37(49-56-36)55-31-11-9-30(10-12-31)50-15-13-26(14-16-50)29-21-45-42(46-22-29)43-19-27-23-51(24-28(20-43)39(27)43)34-17-33(47-48-40(34)44)32-7-5-6-8-35(32)52/h5-8,17-18,21-22,25-28,30-31,38-39,52H,4,9-16,19-20,23-24H2,1-3H3,(H2,44,48). The molecule has 3 saturated carbocycles. The van der Waals surface area contributed by atoms with Crippen LogP contribution in [0, 0.1) is 23.7 Å². The van der Waals surface area contributed by atoms with Gasteiger partial charge < -0.3 is 34.6 Å². The molecule has 0 spiro atoms. The maximum atomic E-state index is 12.5. The first-order valence-electron chi connectivity index (χ1n) is 20.7. The molecule has 4 aromatic rings. The molecule has 1 aromatic carbocycles. The van der Waals surface area contributed by atoms with Gasteiger partial charge in [0.15, 0.2) is 11.6 Å². The van der Waals surface area contributed by atoms with Gasteiger partial charge in [0.25, 0.3) is 5.88 Å². The molecule has 3 unspecified atom stereocenters. The van der Waals surface area contributed by atoms with Crippen LogP contribution >= 0.6 is 0 Å². The van der Waals surface area contributed by atoms with Crippen LogP contribution in [0.1, 0.15) is 101 Å². The lowest BCUT2D eigenvalue weighted by molar-refractivity contribution is -0.146. The molecular weight excluding hydrogens is 709 g/mol. The number of hydrogen-bond acceptors (Lipinski definition) is 13. The third kappa shape index (κ3) is 6.65. The molecule has 3 aromatic heterocycles. The van der Waals surface area contributed by atoms with E-state index in [9.17, 15) is 9.90 Å². The fraction of sp³-hybridized carbons (Fsp3) is 0.581. The van der Waals surface area contributed by atoms with Crippen molar-refractivity contribution in [2.24, 2.45) is 23.7 Å². The van der Waals surface area contributed by atoms with E-state index in [1.165, 1.54) is 5.56 Å². The minimum absolute atomic E-state index is 0.0320. The van der Waals surface area contributed by atoms with E-state index >= 15 is 0 Å². The quantitative estimate of drug-likeness (QED) is 0.159. The third-order valence-corrected chi connectivity index (χ3v) is 13.7. The summed E-state index contributed by atoms with van der Waals surface area (Å²) >= 11 is 0. The Kier molecular flexibility index (Phi) is 9.83. The van der Waals surface area contributed by atoms with Gasteiger partial charge in [0, 0.05) is 48.6 Å². The first kappa shape index (κ1) is 36.8. The number of phenols is 1. The second kappa shape index (κ2) is 14.9. The molecule has 56 heavy (non-hydrogen) atoms. The number of aromatic hydroxyl groups is 1. The summed E-state index contributed by atoms with van der Waals surface area (Å²) in [7, 11) is 0. The fourth-order valence-corrected chi connectivity index (χ4v) is 11.0. The minimum Gasteiger partial charge on any atom is -0.507 e. The number of rotatable bonds is 11. The van der Waals surface area contributed by atoms with Gasteiger partial charge in [-0.25, -0.2) is 9.97 Å². The molecule has 3 aliphatic carbocycles. The molecule has 3 atom stereocenters. The zero-order valence-corrected chi connectivity index (χ0v) is 32.7. The highest BCUT2D eigenvalue weighted by Crippen LogP contribution is 2.69. The number of piperidine rings is 2. The van der Waals surface area contributed by atoms with Crippen LogP contribution in [0.15, 0.2) is 53.3 Å². The van der Waals surface area contributed by atoms with Gasteiger partial charge >= 0.3 is 5.97 Å². The van der Waals surface area contributed by atoms with Crippen LogP contribution in [0.25, 0.3) is 11.3 Å². The van der Waals surface area contributed by atoms with Crippen LogP contribution in [0.2, 0.25) is 0 Å². The normalized spacial score (nSPS) is 28.2. The molecule has 9 rings (SSSR count). The van der Waals surface area contributed by atoms with Gasteiger partial charge in [-0.1, -0.05) is 26.0 Å². The number of likely N-dealkylation sites (tertiary alicyclic amines) is 1. The van der Waals surface area contributed by atoms with E-state index < -0.39 is 5.92 Å². The van der Waals surface area contributed by atoms with E-state index in [-0.39, 0.29) is 29.2 Å². The summed E-state index contributed by atoms with van der Waals surface area (Å²) in [5, 5.41) is 23.1. The summed E-state index contributed by atoms with van der Waals surface area (Å²) < 4.78 is 17.0. The van der Waals surface area contributed by atoms with E-state index in [1.54, 1.807) is 18.2 Å². The first-order chi connectivity index (χ1) is 27.2. The van der Waals surface area contributed by atoms with Gasteiger partial charge in [-0.2, -0.15) is 0 Å². The number of phenolic OH excluding ortho intramolecular Hbond substituents is 1. The molecule has 3 N–H and O–H groups in total. The Hall–Kier alpha value is -4.78. The predicted molar refractivity (Wildman–Crippen MR) is 210 cm³/mol. The molecule has 5 heterocycles. The second-order valence-electron chi connectivity index (χ2n) is 17.3. The van der Waals surface area contributed by atoms with Crippen LogP contribution in [0.4, 0.5) is 11.5 Å². The molecule has 2 saturated heterocycles. The summed E-state index contributed by atoms with van der Waals surface area (Å²) in [6, 6.07) is 11.5. The van der Waals surface area contributed by atoms with Crippen molar-refractivity contribution in [3.8, 4) is 22.9 Å². The molecule has 5 fully saturated rings. The Morgan fingerprint density at radius 3 is 2.39 bits per heavy atom. The van der Waals surface area contributed by atoms with Crippen LogP contribution in [-0.4, -0.2) is 86.2 Å². The maximum Gasteiger partial charge on any atom is 0.317 e. The Morgan fingerprint density at radius 1 is 1.00 bits per heavy atom. The van der Waals surface area contributed by atoms with E-state index in [0.717, 1.165) is 89.1 Å². The van der Waals surface area contributed by atoms with Crippen molar-refractivity contribution in [1.82, 2.24) is 30.2 Å². The van der Waals surface area contributed by atoms with Crippen molar-refractivity contribution in [1.29, 1.82) is 0 Å². The highest BCUT2D eigenvalue weighted by atomic mass is 16.6. The zero-order valence-electron chi connectivity index (χ0n) is 32.7. The molecule has 2 aliphatic heterocycles. The van der Waals surface area contributed by atoms with E-state index in [4.69, 9.17) is 29.7 Å². The van der Waals surface area contributed by atoms with Gasteiger partial charge in [-0.15, -0.1) is 10.2 Å². The predicted octanol–water partition coefficient (Wildman–Crippen LogP) is 6.50. The number of hydrogen-bond donors (Lipinski definition) is 2. The summed E-state index contributed by atoms with van der Waals surface area (Å²) in [5.74, 6) is 4.14. The van der Waals surface area contributed by atoms with Crippen LogP contribution in [0.5, 0.6) is 11.6 Å². The third-order valence-electron chi connectivity index (χ3n) is 13.7. The van der Waals surface area contributed by atoms with Crippen molar-refractivity contribution < 1.29 is 23.9 Å². The molecule has 13 nitrogen and oxygen atoms in total. The molecule has 0 bridgehead atoms. The summed E-state index contributed by atoms with van der Waals surface area (Å²) in [4.78, 5) is 27.7. The Bertz CT molecular complexity index is 2010. The Morgan fingerprint density at radius 2 is 1.71 bits per heavy atom. The zero-order chi connectivity index (χ0) is 38.6. The molecule has 296 valence electrons. The number of carbonyl (C=O) groups is 1. The van der Waals surface area contributed by atoms with Gasteiger partial charge in [0.05, 0.1) is 18.0 Å². The summed E-state index contributed by atoms with van der Waals surface area (Å²) in [5.41, 5.74) is 9.95. The average Bonchev–Trinajstić information content (AvgIpc) is 3.63. The van der Waals surface area contributed by atoms with Gasteiger partial charge in [-0.05, 0) is 130 Å². The topological polar surface area (TPSA) is 166 Å². The van der Waals surface area contributed by atoms with Crippen molar-refractivity contribution in [2.45, 2.75) is 102 Å². The number of nitrogens with zero attached hydrogens (tertiary/aromatic N) is 7. The van der Waals surface area contributed by atoms with Crippen LogP contribution in [-0.2, 0) is 14.9 Å². The lowest BCUT2D eigenvalue weighted by atomic mass is 9.37. The van der Waals surface area contributed by atoms with Crippen LogP contribution in [0.3, 0.4) is 0 Å². The number of nitrogens with two attached hydrogens (primary N) is 1. The van der Waals surface area contributed by atoms with Crippen molar-refractivity contribution in [3.05, 3.63) is 65.9 Å². The monoisotopic (exact) mass is 762 g/mol. The average molecular weight is 763 g/mol. The summed E-state index contributed by atoms with van der Waals surface area (Å²) in [6.45, 7) is 10.2. The van der Waals surface area contributed by atoms with E-state index in [2.05, 4.69) is 37.5 Å². The molecule has 0 radical (unpaired) electrons. The number of ether oxygens (including phenoxy) is 2. The molecule has 5 aliphatic rings. The number of nitrogen functional groups attached to an aromatic ring is 1. The lowest BCUT2D eigenvalue weighted by Gasteiger charge is -2.70. The van der Waals surface area contributed by atoms with E-state index in [0.29, 0.717) is 65.0 Å². The van der Waals surface area contributed by atoms with Crippen LogP contribution < -0.4 is 15.4 Å². The highest BCUT2D eigenvalue weighted by molar-refractivity contribution is 5.77. The van der Waals surface area contributed by atoms with Crippen molar-refractivity contribution in [2.75, 3.05) is 43.4 Å². The van der Waals surface area contributed by atoms with E-state index in [1.807, 2.05) is 39.0 Å². The summed E-state index contributed by atoms with van der Waals surface area (Å²) in [6.07, 6.45) is 13.0. The largest absolute Gasteiger partial charge is 0.507 e. The number of benzene rings is 1. The Labute approximate surface area is 328 Å². The molecule has 13 heteroatoms. The number of carbonyl (C=O) groups excluding carboxylic acids is 1. The Balaban J connectivity index is 0.746. The molecule has 0 amide bonds. The lowest BCUT2D eigenvalue weighted by Crippen LogP contribution is -2.71. The second-order valence-corrected chi connectivity index (χ2v) is 17.3. The first-order valence-corrected chi connectivity index (χ1v) is 20.7. The smallest absolute Gasteiger partial charge is 0.317 e. The maximum absolute atomic E-state index is 12.5. The number of para-hydroxylation sites is 1. The van der Waals surface area contributed by atoms with Gasteiger partial charge in [0.1, 0.15) is 23.6 Å². The minimum atomic E-state index is -0.486. The SMILES string of the molecule is CCOC(=O)C(c1cc(OC2CCC(N3CCC(c4cnc(C56CC7CN(c8cc(-c9ccccc9O)nnc8N)CC(C5)C76)nc4)CC3)CC2)no1)C(C)C. The van der Waals surface area contributed by atoms with Crippen molar-refractivity contribution in [3.63, 3.8) is 0 Å². The van der Waals surface area contributed by atoms with Gasteiger partial charge in [-0.3, -0.25) is 4.79 Å². The van der Waals surface area contributed by atoms with Crippen molar-refractivity contribution >= 4 is 17.5 Å². The van der Waals surface area contributed by atoms with Gasteiger partial charge in [0.2, 0.25) is 0 Å². The number of esters is 1. The number of aromatic nitrogens is 5. The highest BCUT2D eigenvalue weighted by Gasteiger charge is 2.69.